The van der Waals surface area contributed by atoms with Crippen molar-refractivity contribution in [2.24, 2.45) is 0 Å². The zero-order valence-corrected chi connectivity index (χ0v) is 19.6. The van der Waals surface area contributed by atoms with Crippen molar-refractivity contribution in [1.82, 2.24) is 4.90 Å². The summed E-state index contributed by atoms with van der Waals surface area (Å²) in [5, 5.41) is 10.5. The van der Waals surface area contributed by atoms with Crippen molar-refractivity contribution in [2.45, 2.75) is 58.9 Å². The lowest BCUT2D eigenvalue weighted by molar-refractivity contribution is -0.123. The molecule has 4 nitrogen and oxygen atoms in total. The van der Waals surface area contributed by atoms with Crippen LogP contribution in [0.5, 0.6) is 5.75 Å². The number of carbonyl (C=O) groups is 2. The Morgan fingerprint density at radius 1 is 1.00 bits per heavy atom. The number of imide groups is 1. The van der Waals surface area contributed by atoms with Gasteiger partial charge in [0.1, 0.15) is 11.6 Å². The maximum absolute atomic E-state index is 14.0. The van der Waals surface area contributed by atoms with Crippen molar-refractivity contribution >= 4 is 29.0 Å². The third-order valence-corrected chi connectivity index (χ3v) is 6.11. The fraction of sp³-hybridized carbons (Fsp3) is 0.360. The summed E-state index contributed by atoms with van der Waals surface area (Å²) < 4.78 is 14.0. The maximum atomic E-state index is 14.0. The van der Waals surface area contributed by atoms with E-state index in [-0.39, 0.29) is 28.0 Å². The predicted octanol–water partition coefficient (Wildman–Crippen LogP) is 6.36. The van der Waals surface area contributed by atoms with Crippen LogP contribution in [0.1, 0.15) is 63.8 Å². The van der Waals surface area contributed by atoms with Gasteiger partial charge in [-0.1, -0.05) is 59.7 Å². The van der Waals surface area contributed by atoms with Gasteiger partial charge < -0.3 is 5.11 Å². The van der Waals surface area contributed by atoms with Crippen molar-refractivity contribution in [3.8, 4) is 5.75 Å². The molecule has 2 amide bonds. The number of thioether (sulfide) groups is 1. The molecular formula is C25H28FNO3S. The number of rotatable bonds is 3. The molecule has 31 heavy (non-hydrogen) atoms. The molecule has 0 radical (unpaired) electrons. The summed E-state index contributed by atoms with van der Waals surface area (Å²) in [6.07, 6.45) is 1.68. The zero-order chi connectivity index (χ0) is 23.1. The number of halogens is 1. The normalized spacial score (nSPS) is 16.5. The third-order valence-electron chi connectivity index (χ3n) is 5.21. The highest BCUT2D eigenvalue weighted by molar-refractivity contribution is 8.18. The van der Waals surface area contributed by atoms with Crippen LogP contribution >= 0.6 is 11.8 Å². The van der Waals surface area contributed by atoms with Gasteiger partial charge in [-0.3, -0.25) is 14.5 Å². The molecule has 1 saturated heterocycles. The maximum Gasteiger partial charge on any atom is 0.293 e. The Bertz CT molecular complexity index is 1040. The summed E-state index contributed by atoms with van der Waals surface area (Å²) in [6, 6.07) is 9.82. The van der Waals surface area contributed by atoms with E-state index >= 15 is 0 Å². The first-order chi connectivity index (χ1) is 14.3. The summed E-state index contributed by atoms with van der Waals surface area (Å²) in [4.78, 5) is 26.7. The van der Waals surface area contributed by atoms with Gasteiger partial charge in [-0.25, -0.2) is 4.39 Å². The number of nitrogens with zero attached hydrogens (tertiary/aromatic N) is 1. The largest absolute Gasteiger partial charge is 0.507 e. The van der Waals surface area contributed by atoms with Crippen molar-refractivity contribution in [3.05, 3.63) is 69.4 Å². The summed E-state index contributed by atoms with van der Waals surface area (Å²) in [5.74, 6) is -0.639. The molecule has 0 saturated carbocycles. The predicted molar refractivity (Wildman–Crippen MR) is 123 cm³/mol. The quantitative estimate of drug-likeness (QED) is 0.563. The number of phenolic OH excluding ortho intramolecular Hbond substituents is 1. The van der Waals surface area contributed by atoms with Crippen molar-refractivity contribution in [3.63, 3.8) is 0 Å². The molecular weight excluding hydrogens is 413 g/mol. The van der Waals surface area contributed by atoms with Gasteiger partial charge in [0.25, 0.3) is 11.1 Å². The van der Waals surface area contributed by atoms with E-state index in [1.165, 1.54) is 6.07 Å². The van der Waals surface area contributed by atoms with Crippen LogP contribution in [0.4, 0.5) is 9.18 Å². The van der Waals surface area contributed by atoms with E-state index in [0.29, 0.717) is 5.56 Å². The van der Waals surface area contributed by atoms with Crippen LogP contribution < -0.4 is 0 Å². The lowest BCUT2D eigenvalue weighted by Crippen LogP contribution is -2.27. The van der Waals surface area contributed by atoms with E-state index in [1.54, 1.807) is 24.3 Å². The Hall–Kier alpha value is -2.60. The van der Waals surface area contributed by atoms with E-state index in [9.17, 15) is 19.1 Å². The van der Waals surface area contributed by atoms with Gasteiger partial charge in [-0.15, -0.1) is 0 Å². The Balaban J connectivity index is 2.01. The number of phenols is 1. The van der Waals surface area contributed by atoms with Gasteiger partial charge in [0.15, 0.2) is 0 Å². The van der Waals surface area contributed by atoms with Crippen LogP contribution in [-0.2, 0) is 22.2 Å². The second-order valence-electron chi connectivity index (χ2n) is 9.82. The fourth-order valence-electron chi connectivity index (χ4n) is 3.47. The highest BCUT2D eigenvalue weighted by atomic mass is 32.2. The SMILES string of the molecule is CC(C)(C)c1cc(/C=C2\SC(=O)N(Cc3ccccc3F)C2=O)cc(C(C)(C)C)c1O. The van der Waals surface area contributed by atoms with Crippen molar-refractivity contribution < 1.29 is 19.1 Å². The molecule has 0 aromatic heterocycles. The van der Waals surface area contributed by atoms with Gasteiger partial charge in [0.2, 0.25) is 0 Å². The number of carbonyl (C=O) groups excluding carboxylic acids is 2. The van der Waals surface area contributed by atoms with Crippen LogP contribution in [0.2, 0.25) is 0 Å². The molecule has 164 valence electrons. The molecule has 0 unspecified atom stereocenters. The van der Waals surface area contributed by atoms with E-state index in [1.807, 2.05) is 53.7 Å². The van der Waals surface area contributed by atoms with Crippen molar-refractivity contribution in [1.29, 1.82) is 0 Å². The number of hydrogen-bond acceptors (Lipinski definition) is 4. The minimum Gasteiger partial charge on any atom is -0.507 e. The molecule has 3 rings (SSSR count). The molecule has 1 aliphatic rings. The monoisotopic (exact) mass is 441 g/mol. The molecule has 1 aliphatic heterocycles. The summed E-state index contributed by atoms with van der Waals surface area (Å²) >= 11 is 0.846. The smallest absolute Gasteiger partial charge is 0.293 e. The van der Waals surface area contributed by atoms with Crippen molar-refractivity contribution in [2.75, 3.05) is 0 Å². The van der Waals surface area contributed by atoms with E-state index in [2.05, 4.69) is 0 Å². The second-order valence-corrected chi connectivity index (χ2v) is 10.8. The zero-order valence-electron chi connectivity index (χ0n) is 18.7. The topological polar surface area (TPSA) is 57.6 Å². The standard InChI is InChI=1S/C25H28FNO3S/c1-24(2,3)17-11-15(12-18(21(17)28)25(4,5)6)13-20-22(29)27(23(30)31-20)14-16-9-7-8-10-19(16)26/h7-13,28H,14H2,1-6H3/b20-13-. The molecule has 0 aliphatic carbocycles. The lowest BCUT2D eigenvalue weighted by atomic mass is 9.78. The summed E-state index contributed by atoms with van der Waals surface area (Å²) in [6.45, 7) is 12.0. The molecule has 2 aromatic rings. The lowest BCUT2D eigenvalue weighted by Gasteiger charge is -2.28. The van der Waals surface area contributed by atoms with Gasteiger partial charge >= 0.3 is 0 Å². The van der Waals surface area contributed by atoms with Crippen LogP contribution in [0.3, 0.4) is 0 Å². The average Bonchev–Trinajstić information content (AvgIpc) is 2.90. The molecule has 6 heteroatoms. The van der Waals surface area contributed by atoms with E-state index in [0.717, 1.165) is 33.4 Å². The number of amides is 2. The Morgan fingerprint density at radius 2 is 1.55 bits per heavy atom. The van der Waals surface area contributed by atoms with E-state index in [4.69, 9.17) is 0 Å². The third kappa shape index (κ3) is 4.85. The highest BCUT2D eigenvalue weighted by Crippen LogP contribution is 2.41. The molecule has 0 atom stereocenters. The van der Waals surface area contributed by atoms with Gasteiger partial charge in [0.05, 0.1) is 11.4 Å². The van der Waals surface area contributed by atoms with Gasteiger partial charge in [-0.2, -0.15) is 0 Å². The van der Waals surface area contributed by atoms with Crippen LogP contribution in [-0.4, -0.2) is 21.2 Å². The van der Waals surface area contributed by atoms with Crippen LogP contribution in [0, 0.1) is 5.82 Å². The van der Waals surface area contributed by atoms with Gasteiger partial charge in [0, 0.05) is 16.7 Å². The highest BCUT2D eigenvalue weighted by Gasteiger charge is 2.36. The van der Waals surface area contributed by atoms with Crippen LogP contribution in [0.25, 0.3) is 6.08 Å². The number of aromatic hydroxyl groups is 1. The van der Waals surface area contributed by atoms with Gasteiger partial charge in [-0.05, 0) is 52.4 Å². The Kier molecular flexibility index (Phi) is 6.07. The first-order valence-electron chi connectivity index (χ1n) is 10.2. The molecule has 0 spiro atoms. The summed E-state index contributed by atoms with van der Waals surface area (Å²) in [7, 11) is 0. The number of hydrogen-bond donors (Lipinski definition) is 1. The first kappa shape index (κ1) is 23.1. The molecule has 0 bridgehead atoms. The Labute approximate surface area is 187 Å². The fourth-order valence-corrected chi connectivity index (χ4v) is 4.31. The van der Waals surface area contributed by atoms with E-state index < -0.39 is 17.0 Å². The Morgan fingerprint density at radius 3 is 2.06 bits per heavy atom. The molecule has 1 N–H and O–H groups in total. The molecule has 1 fully saturated rings. The minimum atomic E-state index is -0.450. The molecule has 1 heterocycles. The first-order valence-corrected chi connectivity index (χ1v) is 11.0. The number of benzene rings is 2. The average molecular weight is 442 g/mol. The second kappa shape index (κ2) is 8.15. The summed E-state index contributed by atoms with van der Waals surface area (Å²) in [5.41, 5.74) is 1.97. The molecule has 2 aromatic carbocycles. The minimum absolute atomic E-state index is 0.106. The van der Waals surface area contributed by atoms with Crippen LogP contribution in [0.15, 0.2) is 41.3 Å².